The van der Waals surface area contributed by atoms with Gasteiger partial charge in [-0.15, -0.1) is 11.3 Å². The van der Waals surface area contributed by atoms with Gasteiger partial charge in [0.2, 0.25) is 0 Å². The van der Waals surface area contributed by atoms with Gasteiger partial charge in [-0.3, -0.25) is 14.3 Å². The fraction of sp³-hybridized carbons (Fsp3) is 0.0769. The van der Waals surface area contributed by atoms with E-state index in [1.165, 1.54) is 30.1 Å². The second-order valence-electron chi connectivity index (χ2n) is 4.32. The highest BCUT2D eigenvalue weighted by Crippen LogP contribution is 2.21. The van der Waals surface area contributed by atoms with Crippen molar-refractivity contribution >= 4 is 27.5 Å². The Hall–Kier alpha value is -2.74. The van der Waals surface area contributed by atoms with Crippen LogP contribution in [0.3, 0.4) is 0 Å². The first-order valence-electron chi connectivity index (χ1n) is 5.90. The van der Waals surface area contributed by atoms with Gasteiger partial charge in [-0.25, -0.2) is 14.2 Å². The first-order chi connectivity index (χ1) is 10.0. The maximum absolute atomic E-state index is 12.5. The van der Waals surface area contributed by atoms with Gasteiger partial charge in [0.25, 0.3) is 5.56 Å². The molecule has 0 spiro atoms. The van der Waals surface area contributed by atoms with E-state index < -0.39 is 17.2 Å². The van der Waals surface area contributed by atoms with E-state index in [1.54, 1.807) is 12.1 Å². The Bertz CT molecular complexity index is 969. The van der Waals surface area contributed by atoms with Crippen molar-refractivity contribution in [3.63, 3.8) is 0 Å². The van der Waals surface area contributed by atoms with Gasteiger partial charge in [0.05, 0.1) is 11.1 Å². The molecule has 3 heterocycles. The summed E-state index contributed by atoms with van der Waals surface area (Å²) < 4.78 is 2.27. The fourth-order valence-electron chi connectivity index (χ4n) is 2.05. The van der Waals surface area contributed by atoms with E-state index in [1.807, 2.05) is 0 Å². The minimum Gasteiger partial charge on any atom is -0.477 e. The van der Waals surface area contributed by atoms with Gasteiger partial charge >= 0.3 is 11.7 Å². The Morgan fingerprint density at radius 1 is 1.29 bits per heavy atom. The smallest absolute Gasteiger partial charge is 0.345 e. The number of rotatable bonds is 2. The highest BCUT2D eigenvalue weighted by Gasteiger charge is 2.17. The molecule has 3 rings (SSSR count). The second-order valence-corrected chi connectivity index (χ2v) is 5.35. The molecule has 0 saturated heterocycles. The summed E-state index contributed by atoms with van der Waals surface area (Å²) in [5.74, 6) is -1.13. The van der Waals surface area contributed by atoms with E-state index in [2.05, 4.69) is 4.98 Å². The summed E-state index contributed by atoms with van der Waals surface area (Å²) >= 11 is 0.902. The van der Waals surface area contributed by atoms with Gasteiger partial charge in [0.1, 0.15) is 9.71 Å². The predicted octanol–water partition coefficient (Wildman–Crippen LogP) is 0.844. The quantitative estimate of drug-likeness (QED) is 0.757. The largest absolute Gasteiger partial charge is 0.477 e. The molecule has 7 nitrogen and oxygen atoms in total. The fourth-order valence-corrected chi connectivity index (χ4v) is 3.00. The minimum atomic E-state index is -1.13. The van der Waals surface area contributed by atoms with Gasteiger partial charge < -0.3 is 5.11 Å². The average Bonchev–Trinajstić information content (AvgIpc) is 2.92. The molecule has 0 bridgehead atoms. The van der Waals surface area contributed by atoms with Crippen LogP contribution in [-0.2, 0) is 7.05 Å². The number of carbonyl (C=O) groups is 1. The lowest BCUT2D eigenvalue weighted by molar-refractivity contribution is 0.0702. The van der Waals surface area contributed by atoms with Gasteiger partial charge in [0, 0.05) is 19.4 Å². The summed E-state index contributed by atoms with van der Waals surface area (Å²) in [6.07, 6.45) is 2.95. The number of nitrogens with zero attached hydrogens (tertiary/aromatic N) is 3. The average molecular weight is 303 g/mol. The normalized spacial score (nSPS) is 10.9. The molecule has 106 valence electrons. The lowest BCUT2D eigenvalue weighted by Gasteiger charge is -2.07. The molecule has 0 fully saturated rings. The van der Waals surface area contributed by atoms with E-state index in [9.17, 15) is 14.4 Å². The minimum absolute atomic E-state index is 0.0181. The van der Waals surface area contributed by atoms with E-state index in [4.69, 9.17) is 5.11 Å². The zero-order chi connectivity index (χ0) is 15.1. The number of hydrogen-bond acceptors (Lipinski definition) is 5. The SMILES string of the molecule is Cn1c(=O)n(-c2ccncc2)c(=O)c2cc(C(=O)O)sc21. The van der Waals surface area contributed by atoms with Crippen molar-refractivity contribution < 1.29 is 9.90 Å². The molecule has 1 N–H and O–H groups in total. The van der Waals surface area contributed by atoms with Crippen molar-refractivity contribution in [1.29, 1.82) is 0 Å². The van der Waals surface area contributed by atoms with Crippen LogP contribution in [0.25, 0.3) is 15.9 Å². The zero-order valence-corrected chi connectivity index (χ0v) is 11.6. The predicted molar refractivity (Wildman–Crippen MR) is 77.4 cm³/mol. The van der Waals surface area contributed by atoms with Crippen LogP contribution in [0.15, 0.2) is 40.2 Å². The van der Waals surface area contributed by atoms with Gasteiger partial charge in [-0.1, -0.05) is 0 Å². The molecule has 0 radical (unpaired) electrons. The summed E-state index contributed by atoms with van der Waals surface area (Å²) in [5.41, 5.74) is -0.680. The molecule has 0 aliphatic heterocycles. The molecule has 3 aromatic heterocycles. The van der Waals surface area contributed by atoms with Crippen molar-refractivity contribution in [2.45, 2.75) is 0 Å². The molecule has 0 aliphatic carbocycles. The van der Waals surface area contributed by atoms with Crippen LogP contribution >= 0.6 is 11.3 Å². The third-order valence-electron chi connectivity index (χ3n) is 3.06. The number of pyridine rings is 1. The molecule has 0 atom stereocenters. The summed E-state index contributed by atoms with van der Waals surface area (Å²) in [6.45, 7) is 0. The van der Waals surface area contributed by atoms with Crippen LogP contribution in [0.2, 0.25) is 0 Å². The molecule has 3 aromatic rings. The maximum Gasteiger partial charge on any atom is 0.345 e. The number of fused-ring (bicyclic) bond motifs is 1. The second kappa shape index (κ2) is 4.67. The number of thiophene rings is 1. The highest BCUT2D eigenvalue weighted by molar-refractivity contribution is 7.20. The lowest BCUT2D eigenvalue weighted by Crippen LogP contribution is -2.37. The summed E-state index contributed by atoms with van der Waals surface area (Å²) in [7, 11) is 1.50. The molecule has 0 saturated carbocycles. The van der Waals surface area contributed by atoms with Crippen molar-refractivity contribution in [3.05, 3.63) is 56.3 Å². The molecule has 0 aliphatic rings. The van der Waals surface area contributed by atoms with Crippen molar-refractivity contribution in [1.82, 2.24) is 14.1 Å². The maximum atomic E-state index is 12.5. The highest BCUT2D eigenvalue weighted by atomic mass is 32.1. The number of aromatic nitrogens is 3. The van der Waals surface area contributed by atoms with E-state index in [0.29, 0.717) is 10.5 Å². The number of hydrogen-bond donors (Lipinski definition) is 1. The Morgan fingerprint density at radius 3 is 2.57 bits per heavy atom. The van der Waals surface area contributed by atoms with Crippen LogP contribution in [0, 0.1) is 0 Å². The van der Waals surface area contributed by atoms with Crippen LogP contribution in [0.4, 0.5) is 0 Å². The van der Waals surface area contributed by atoms with Gasteiger partial charge in [-0.2, -0.15) is 0 Å². The van der Waals surface area contributed by atoms with Crippen LogP contribution < -0.4 is 11.2 Å². The third kappa shape index (κ3) is 1.96. The summed E-state index contributed by atoms with van der Waals surface area (Å²) in [4.78, 5) is 40.1. The zero-order valence-electron chi connectivity index (χ0n) is 10.8. The van der Waals surface area contributed by atoms with Crippen LogP contribution in [-0.4, -0.2) is 25.2 Å². The Labute approximate surface area is 121 Å². The van der Waals surface area contributed by atoms with Crippen molar-refractivity contribution in [2.75, 3.05) is 0 Å². The first-order valence-corrected chi connectivity index (χ1v) is 6.71. The Balaban J connectivity index is 2.46. The summed E-state index contributed by atoms with van der Waals surface area (Å²) in [6, 6.07) is 4.38. The molecule has 0 amide bonds. The molecular formula is C13H9N3O4S. The summed E-state index contributed by atoms with van der Waals surface area (Å²) in [5, 5.41) is 9.23. The van der Waals surface area contributed by atoms with Gasteiger partial charge in [-0.05, 0) is 18.2 Å². The van der Waals surface area contributed by atoms with E-state index in [-0.39, 0.29) is 10.3 Å². The Kier molecular flexibility index (Phi) is 2.95. The lowest BCUT2D eigenvalue weighted by atomic mass is 10.3. The molecule has 21 heavy (non-hydrogen) atoms. The topological polar surface area (TPSA) is 94.2 Å². The van der Waals surface area contributed by atoms with Gasteiger partial charge in [0.15, 0.2) is 0 Å². The number of aryl methyl sites for hydroxylation is 1. The van der Waals surface area contributed by atoms with Crippen LogP contribution in [0.1, 0.15) is 9.67 Å². The molecular weight excluding hydrogens is 294 g/mol. The van der Waals surface area contributed by atoms with Crippen molar-refractivity contribution in [2.24, 2.45) is 7.05 Å². The standard InChI is InChI=1S/C13H9N3O4S/c1-15-11-8(6-9(21-11)12(18)19)10(17)16(13(15)20)7-2-4-14-5-3-7/h2-6H,1H3,(H,18,19). The van der Waals surface area contributed by atoms with E-state index >= 15 is 0 Å². The molecule has 0 unspecified atom stereocenters. The first kappa shape index (κ1) is 13.3. The van der Waals surface area contributed by atoms with Crippen LogP contribution in [0.5, 0.6) is 0 Å². The number of carboxylic acid groups (broad SMARTS) is 1. The monoisotopic (exact) mass is 303 g/mol. The van der Waals surface area contributed by atoms with E-state index in [0.717, 1.165) is 15.9 Å². The Morgan fingerprint density at radius 2 is 1.95 bits per heavy atom. The number of aromatic carboxylic acids is 1. The number of carboxylic acids is 1. The third-order valence-corrected chi connectivity index (χ3v) is 4.26. The molecule has 8 heteroatoms. The van der Waals surface area contributed by atoms with Crippen molar-refractivity contribution in [3.8, 4) is 5.69 Å². The molecule has 0 aromatic carbocycles.